The second-order valence-electron chi connectivity index (χ2n) is 6.17. The number of rotatable bonds is 5. The Hall–Kier alpha value is -2.97. The third-order valence-electron chi connectivity index (χ3n) is 4.04. The van der Waals surface area contributed by atoms with Gasteiger partial charge in [0.05, 0.1) is 4.90 Å². The summed E-state index contributed by atoms with van der Waals surface area (Å²) < 4.78 is 53.1. The number of halogens is 3. The van der Waals surface area contributed by atoms with Gasteiger partial charge in [0, 0.05) is 22.0 Å². The van der Waals surface area contributed by atoms with E-state index in [9.17, 15) is 22.0 Å². The van der Waals surface area contributed by atoms with E-state index in [0.29, 0.717) is 22.3 Å². The van der Waals surface area contributed by atoms with Crippen LogP contribution in [0.25, 0.3) is 0 Å². The lowest BCUT2D eigenvalue weighted by Gasteiger charge is -2.11. The lowest BCUT2D eigenvalue weighted by Crippen LogP contribution is -2.15. The molecule has 5 nitrogen and oxygen atoms in total. The van der Waals surface area contributed by atoms with Crippen molar-refractivity contribution in [3.05, 3.63) is 88.4 Å². The molecule has 3 aromatic carbocycles. The first-order chi connectivity index (χ1) is 13.7. The zero-order valence-corrected chi connectivity index (χ0v) is 16.6. The van der Waals surface area contributed by atoms with E-state index < -0.39 is 26.6 Å². The Morgan fingerprint density at radius 1 is 0.931 bits per heavy atom. The van der Waals surface area contributed by atoms with Crippen molar-refractivity contribution in [3.63, 3.8) is 0 Å². The monoisotopic (exact) mass is 436 g/mol. The van der Waals surface area contributed by atoms with Crippen molar-refractivity contribution in [2.75, 3.05) is 10.0 Å². The second-order valence-corrected chi connectivity index (χ2v) is 8.29. The van der Waals surface area contributed by atoms with E-state index in [0.717, 1.165) is 17.7 Å². The fourth-order valence-electron chi connectivity index (χ4n) is 2.51. The van der Waals surface area contributed by atoms with Crippen molar-refractivity contribution in [2.24, 2.45) is 0 Å². The molecule has 0 saturated carbocycles. The lowest BCUT2D eigenvalue weighted by molar-refractivity contribution is 0.102. The first-order valence-corrected chi connectivity index (χ1v) is 10.2. The van der Waals surface area contributed by atoms with E-state index in [1.54, 1.807) is 25.1 Å². The summed E-state index contributed by atoms with van der Waals surface area (Å²) in [5.41, 5.74) is 1.85. The maximum absolute atomic E-state index is 13.3. The van der Waals surface area contributed by atoms with Gasteiger partial charge < -0.3 is 5.32 Å². The molecule has 0 aromatic heterocycles. The second kappa shape index (κ2) is 8.18. The molecule has 0 bridgehead atoms. The van der Waals surface area contributed by atoms with Crippen molar-refractivity contribution in [3.8, 4) is 0 Å². The molecule has 0 saturated heterocycles. The van der Waals surface area contributed by atoms with E-state index in [-0.39, 0.29) is 11.6 Å². The molecule has 9 heteroatoms. The number of amides is 1. The molecule has 0 aliphatic carbocycles. The van der Waals surface area contributed by atoms with Crippen LogP contribution in [-0.4, -0.2) is 14.3 Å². The molecule has 0 aliphatic rings. The number of carbonyl (C=O) groups is 1. The molecular formula is C20H15ClF2N2O3S. The van der Waals surface area contributed by atoms with Crippen molar-refractivity contribution in [2.45, 2.75) is 11.8 Å². The summed E-state index contributed by atoms with van der Waals surface area (Å²) in [6, 6.07) is 13.0. The van der Waals surface area contributed by atoms with Gasteiger partial charge in [0.2, 0.25) is 0 Å². The van der Waals surface area contributed by atoms with E-state index in [2.05, 4.69) is 10.0 Å². The summed E-state index contributed by atoms with van der Waals surface area (Å²) in [5.74, 6) is -2.79. The van der Waals surface area contributed by atoms with Crippen LogP contribution in [-0.2, 0) is 10.0 Å². The van der Waals surface area contributed by atoms with Crippen LogP contribution in [0, 0.1) is 18.6 Å². The van der Waals surface area contributed by atoms with Crippen LogP contribution >= 0.6 is 11.6 Å². The number of hydrogen-bond donors (Lipinski definition) is 2. The highest BCUT2D eigenvalue weighted by Gasteiger charge is 2.17. The highest BCUT2D eigenvalue weighted by molar-refractivity contribution is 7.92. The maximum atomic E-state index is 13.3. The summed E-state index contributed by atoms with van der Waals surface area (Å²) >= 11 is 5.89. The first kappa shape index (κ1) is 20.8. The number of carbonyl (C=O) groups excluding carboxylic acids is 1. The molecule has 0 atom stereocenters. The Morgan fingerprint density at radius 2 is 1.62 bits per heavy atom. The number of nitrogens with one attached hydrogen (secondary N) is 2. The van der Waals surface area contributed by atoms with Gasteiger partial charge in [0.1, 0.15) is 0 Å². The van der Waals surface area contributed by atoms with Crippen LogP contribution in [0.5, 0.6) is 0 Å². The first-order valence-electron chi connectivity index (χ1n) is 8.31. The van der Waals surface area contributed by atoms with Gasteiger partial charge in [0.15, 0.2) is 11.6 Å². The zero-order valence-electron chi connectivity index (χ0n) is 15.0. The van der Waals surface area contributed by atoms with Gasteiger partial charge in [-0.05, 0) is 73.2 Å². The van der Waals surface area contributed by atoms with Gasteiger partial charge in [-0.15, -0.1) is 0 Å². The van der Waals surface area contributed by atoms with Crippen molar-refractivity contribution in [1.29, 1.82) is 0 Å². The molecule has 3 aromatic rings. The summed E-state index contributed by atoms with van der Waals surface area (Å²) in [6.07, 6.45) is 0. The SMILES string of the molecule is Cc1cc(Cl)ccc1NC(=O)c1ccc(NS(=O)(=O)c2ccc(F)c(F)c2)cc1. The quantitative estimate of drug-likeness (QED) is 0.592. The molecule has 0 spiro atoms. The van der Waals surface area contributed by atoms with Gasteiger partial charge in [-0.1, -0.05) is 11.6 Å². The number of sulfonamides is 1. The van der Waals surface area contributed by atoms with Crippen LogP contribution in [0.4, 0.5) is 20.2 Å². The van der Waals surface area contributed by atoms with Crippen molar-refractivity contribution >= 4 is 38.9 Å². The fourth-order valence-corrected chi connectivity index (χ4v) is 3.81. The summed E-state index contributed by atoms with van der Waals surface area (Å²) in [6.45, 7) is 1.80. The molecule has 2 N–H and O–H groups in total. The Bertz CT molecular complexity index is 1180. The van der Waals surface area contributed by atoms with Gasteiger partial charge >= 0.3 is 0 Å². The topological polar surface area (TPSA) is 75.3 Å². The average Bonchev–Trinajstić information content (AvgIpc) is 2.66. The minimum atomic E-state index is -4.11. The minimum Gasteiger partial charge on any atom is -0.322 e. The predicted molar refractivity (Wildman–Crippen MR) is 108 cm³/mol. The summed E-state index contributed by atoms with van der Waals surface area (Å²) in [7, 11) is -4.11. The molecule has 150 valence electrons. The molecule has 0 aliphatic heterocycles. The van der Waals surface area contributed by atoms with E-state index in [4.69, 9.17) is 11.6 Å². The van der Waals surface area contributed by atoms with Gasteiger partial charge in [-0.3, -0.25) is 9.52 Å². The van der Waals surface area contributed by atoms with Crippen molar-refractivity contribution < 1.29 is 22.0 Å². The highest BCUT2D eigenvalue weighted by Crippen LogP contribution is 2.22. The molecule has 0 radical (unpaired) electrons. The maximum Gasteiger partial charge on any atom is 0.261 e. The molecule has 1 amide bonds. The number of hydrogen-bond acceptors (Lipinski definition) is 3. The number of anilines is 2. The largest absolute Gasteiger partial charge is 0.322 e. The molecule has 0 fully saturated rings. The smallest absolute Gasteiger partial charge is 0.261 e. The standard InChI is InChI=1S/C20H15ClF2N2O3S/c1-12-10-14(21)4-9-19(12)24-20(26)13-2-5-15(6-3-13)25-29(27,28)16-7-8-17(22)18(23)11-16/h2-11,25H,1H3,(H,24,26). The number of aryl methyl sites for hydroxylation is 1. The minimum absolute atomic E-state index is 0.161. The van der Waals surface area contributed by atoms with Gasteiger partial charge in [-0.25, -0.2) is 17.2 Å². The zero-order chi connectivity index (χ0) is 21.2. The average molecular weight is 437 g/mol. The van der Waals surface area contributed by atoms with Gasteiger partial charge in [-0.2, -0.15) is 0 Å². The highest BCUT2D eigenvalue weighted by atomic mass is 35.5. The Kier molecular flexibility index (Phi) is 5.86. The van der Waals surface area contributed by atoms with Crippen LogP contribution in [0.15, 0.2) is 65.6 Å². The molecule has 3 rings (SSSR count). The number of benzene rings is 3. The Morgan fingerprint density at radius 3 is 2.24 bits per heavy atom. The Labute approximate surface area is 171 Å². The van der Waals surface area contributed by atoms with E-state index in [1.807, 2.05) is 0 Å². The third kappa shape index (κ3) is 4.90. The van der Waals surface area contributed by atoms with Crippen LogP contribution in [0.3, 0.4) is 0 Å². The van der Waals surface area contributed by atoms with Crippen LogP contribution in [0.1, 0.15) is 15.9 Å². The summed E-state index contributed by atoms with van der Waals surface area (Å²) in [4.78, 5) is 12.0. The third-order valence-corrected chi connectivity index (χ3v) is 5.65. The van der Waals surface area contributed by atoms with Crippen LogP contribution in [0.2, 0.25) is 5.02 Å². The lowest BCUT2D eigenvalue weighted by atomic mass is 10.1. The fraction of sp³-hybridized carbons (Fsp3) is 0.0500. The molecule has 0 heterocycles. The van der Waals surface area contributed by atoms with E-state index >= 15 is 0 Å². The Balaban J connectivity index is 1.74. The van der Waals surface area contributed by atoms with Crippen LogP contribution < -0.4 is 10.0 Å². The summed E-state index contributed by atoms with van der Waals surface area (Å²) in [5, 5.41) is 3.30. The van der Waals surface area contributed by atoms with Gasteiger partial charge in [0.25, 0.3) is 15.9 Å². The molecular weight excluding hydrogens is 422 g/mol. The van der Waals surface area contributed by atoms with Crippen molar-refractivity contribution in [1.82, 2.24) is 0 Å². The normalized spacial score (nSPS) is 11.2. The molecule has 0 unspecified atom stereocenters. The predicted octanol–water partition coefficient (Wildman–Crippen LogP) is 4.98. The van der Waals surface area contributed by atoms with E-state index in [1.165, 1.54) is 24.3 Å². The molecule has 29 heavy (non-hydrogen) atoms.